The highest BCUT2D eigenvalue weighted by atomic mass is 31.1. The molecule has 0 radical (unpaired) electrons. The van der Waals surface area contributed by atoms with Crippen molar-refractivity contribution in [3.8, 4) is 0 Å². The Balaban J connectivity index is 2.41. The van der Waals surface area contributed by atoms with E-state index in [1.807, 2.05) is 0 Å². The molecule has 3 aromatic rings. The van der Waals surface area contributed by atoms with Crippen LogP contribution in [0.2, 0.25) is 0 Å². The minimum absolute atomic E-state index is 0.0149. The second-order valence-electron chi connectivity index (χ2n) is 17.8. The summed E-state index contributed by atoms with van der Waals surface area (Å²) in [4.78, 5) is 0. The highest BCUT2D eigenvalue weighted by Gasteiger charge is 2.37. The van der Waals surface area contributed by atoms with Gasteiger partial charge in [-0.3, -0.25) is 0 Å². The van der Waals surface area contributed by atoms with Gasteiger partial charge < -0.3 is 0 Å². The molecule has 3 rings (SSSR count). The van der Waals surface area contributed by atoms with Crippen LogP contribution in [-0.2, 0) is 20.8 Å². The fraction of sp³-hybridized carbons (Fsp3) is 0.667. The van der Waals surface area contributed by atoms with Crippen molar-refractivity contribution in [1.29, 1.82) is 0 Å². The summed E-state index contributed by atoms with van der Waals surface area (Å²) in [5, 5.41) is 3.05. The first-order chi connectivity index (χ1) is 17.3. The maximum Gasteiger partial charge on any atom is 0.598 e. The Morgan fingerprint density at radius 2 is 1.03 bits per heavy atom. The molecule has 216 valence electrons. The van der Waals surface area contributed by atoms with E-state index in [0.717, 1.165) is 40.7 Å². The van der Waals surface area contributed by atoms with Gasteiger partial charge in [-0.25, -0.2) is 4.20 Å². The van der Waals surface area contributed by atoms with Crippen LogP contribution in [0, 0.1) is 16.2 Å². The maximum absolute atomic E-state index is 14.0. The van der Waals surface area contributed by atoms with Crippen LogP contribution in [0.15, 0.2) is 34.5 Å². The second kappa shape index (κ2) is 10.0. The van der Waals surface area contributed by atoms with Crippen LogP contribution < -0.4 is 0 Å². The Morgan fingerprint density at radius 1 is 0.564 bits per heavy atom. The van der Waals surface area contributed by atoms with Crippen LogP contribution in [0.25, 0.3) is 21.5 Å². The highest BCUT2D eigenvalue weighted by molar-refractivity contribution is 7.37. The monoisotopic (exact) mass is 551 g/mol. The second-order valence-corrected chi connectivity index (χ2v) is 19.0. The van der Waals surface area contributed by atoms with E-state index in [9.17, 15) is 4.57 Å². The Morgan fingerprint density at radius 3 is 1.51 bits per heavy atom. The van der Waals surface area contributed by atoms with E-state index in [1.165, 1.54) is 16.7 Å². The molecule has 3 heteroatoms. The molecule has 0 aliphatic heterocycles. The first-order valence-corrected chi connectivity index (χ1v) is 16.0. The number of fused-ring (bicyclic) bond motifs is 3. The number of rotatable bonds is 6. The summed E-state index contributed by atoms with van der Waals surface area (Å²) in [6, 6.07) is 11.3. The third-order valence-electron chi connectivity index (χ3n) is 7.95. The van der Waals surface area contributed by atoms with Gasteiger partial charge in [-0.2, -0.15) is 0 Å². The molecule has 1 unspecified atom stereocenters. The average Bonchev–Trinajstić information content (AvgIpc) is 2.67. The zero-order chi connectivity index (χ0) is 30.0. The number of benzene rings is 2. The van der Waals surface area contributed by atoms with Gasteiger partial charge in [0, 0.05) is 16.3 Å². The molecular formula is C36H56O2P+. The molecule has 0 aliphatic carbocycles. The molecular weight excluding hydrogens is 495 g/mol. The zero-order valence-corrected chi connectivity index (χ0v) is 28.7. The Kier molecular flexibility index (Phi) is 8.18. The van der Waals surface area contributed by atoms with E-state index in [-0.39, 0.29) is 32.5 Å². The van der Waals surface area contributed by atoms with Gasteiger partial charge in [0.2, 0.25) is 5.12 Å². The van der Waals surface area contributed by atoms with Crippen molar-refractivity contribution in [3.05, 3.63) is 47.0 Å². The van der Waals surface area contributed by atoms with Gasteiger partial charge in [0.1, 0.15) is 0 Å². The molecule has 0 saturated carbocycles. The molecule has 2 nitrogen and oxygen atoms in total. The van der Waals surface area contributed by atoms with E-state index >= 15 is 0 Å². The third kappa shape index (κ3) is 7.55. The van der Waals surface area contributed by atoms with Gasteiger partial charge in [0.15, 0.2) is 5.58 Å². The minimum Gasteiger partial charge on any atom is -0.250 e. The van der Waals surface area contributed by atoms with Crippen LogP contribution >= 0.6 is 7.65 Å². The SMILES string of the molecule is CC(C)(C)CC(C)(C)c1ccc2c(c1)o[p+](=O)c1c(C(C)(C)CC(C)(C)C)cc(C(C)(C)CC(C)(C)C)cc21. The largest absolute Gasteiger partial charge is 0.598 e. The van der Waals surface area contributed by atoms with Crippen LogP contribution in [0.4, 0.5) is 0 Å². The van der Waals surface area contributed by atoms with Crippen LogP contribution in [0.3, 0.4) is 0 Å². The first kappa shape index (κ1) is 31.9. The molecule has 1 heterocycles. The van der Waals surface area contributed by atoms with Crippen LogP contribution in [0.1, 0.15) is 140 Å². The molecule has 1 atom stereocenters. The lowest BCUT2D eigenvalue weighted by atomic mass is 9.68. The van der Waals surface area contributed by atoms with Crippen molar-refractivity contribution in [1.82, 2.24) is 0 Å². The molecule has 0 N–H and O–H groups in total. The summed E-state index contributed by atoms with van der Waals surface area (Å²) >= 11 is 0. The van der Waals surface area contributed by atoms with E-state index in [4.69, 9.17) is 4.20 Å². The lowest BCUT2D eigenvalue weighted by Crippen LogP contribution is -2.28. The van der Waals surface area contributed by atoms with Gasteiger partial charge >= 0.3 is 7.65 Å². The topological polar surface area (TPSA) is 30.2 Å². The normalized spacial score (nSPS) is 14.9. The van der Waals surface area contributed by atoms with Gasteiger partial charge in [0.25, 0.3) is 0 Å². The Labute approximate surface area is 240 Å². The molecule has 2 aromatic carbocycles. The molecule has 0 spiro atoms. The standard InChI is InChI=1S/C36H56O2P/c1-31(2,3)21-34(10,11)24-16-17-26-27-18-25(35(12,13)22-32(4,5)6)19-28(36(14,15)23-33(7,8)9)30(27)39(37)38-29(26)20-24/h16-20H,21-23H2,1-15H3/q+1. The van der Waals surface area contributed by atoms with Crippen molar-refractivity contribution in [2.45, 2.75) is 139 Å². The molecule has 1 aromatic heterocycles. The fourth-order valence-corrected chi connectivity index (χ4v) is 8.96. The Bertz CT molecular complexity index is 1410. The third-order valence-corrected chi connectivity index (χ3v) is 9.16. The van der Waals surface area contributed by atoms with Crippen molar-refractivity contribution in [2.24, 2.45) is 16.2 Å². The van der Waals surface area contributed by atoms with Crippen molar-refractivity contribution >= 4 is 29.1 Å². The smallest absolute Gasteiger partial charge is 0.250 e. The minimum atomic E-state index is -2.02. The number of hydrogen-bond donors (Lipinski definition) is 0. The fourth-order valence-electron chi connectivity index (χ4n) is 7.60. The quantitative estimate of drug-likeness (QED) is 0.285. The molecule has 0 saturated heterocycles. The van der Waals surface area contributed by atoms with Crippen LogP contribution in [-0.4, -0.2) is 0 Å². The molecule has 0 fully saturated rings. The summed E-state index contributed by atoms with van der Waals surface area (Å²) in [6.45, 7) is 34.6. The molecule has 39 heavy (non-hydrogen) atoms. The average molecular weight is 552 g/mol. The maximum atomic E-state index is 14.0. The summed E-state index contributed by atoms with van der Waals surface area (Å²) in [5.74, 6) is 0. The molecule has 0 bridgehead atoms. The summed E-state index contributed by atoms with van der Waals surface area (Å²) in [5.41, 5.74) is 4.83. The summed E-state index contributed by atoms with van der Waals surface area (Å²) in [7, 11) is -2.02. The van der Waals surface area contributed by atoms with Crippen molar-refractivity contribution in [2.75, 3.05) is 0 Å². The molecule has 0 aliphatic rings. The van der Waals surface area contributed by atoms with E-state index in [2.05, 4.69) is 134 Å². The van der Waals surface area contributed by atoms with E-state index < -0.39 is 7.65 Å². The van der Waals surface area contributed by atoms with E-state index in [1.54, 1.807) is 0 Å². The van der Waals surface area contributed by atoms with E-state index in [0.29, 0.717) is 0 Å². The number of hydrogen-bond acceptors (Lipinski definition) is 2. The summed E-state index contributed by atoms with van der Waals surface area (Å²) < 4.78 is 20.3. The Hall–Kier alpha value is -1.66. The van der Waals surface area contributed by atoms with Crippen molar-refractivity contribution < 1.29 is 8.76 Å². The first-order valence-electron chi connectivity index (χ1n) is 14.8. The van der Waals surface area contributed by atoms with Gasteiger partial charge in [0.05, 0.1) is 0 Å². The van der Waals surface area contributed by atoms with Gasteiger partial charge in [-0.1, -0.05) is 110 Å². The van der Waals surface area contributed by atoms with Gasteiger partial charge in [-0.15, -0.1) is 0 Å². The predicted molar refractivity (Wildman–Crippen MR) is 173 cm³/mol. The highest BCUT2D eigenvalue weighted by Crippen LogP contribution is 2.49. The molecule has 0 amide bonds. The van der Waals surface area contributed by atoms with Crippen LogP contribution in [0.5, 0.6) is 0 Å². The van der Waals surface area contributed by atoms with Gasteiger partial charge in [-0.05, 0) is 91.7 Å². The summed E-state index contributed by atoms with van der Waals surface area (Å²) in [6.07, 6.45) is 3.11. The lowest BCUT2D eigenvalue weighted by molar-refractivity contribution is 0.279. The van der Waals surface area contributed by atoms with Crippen molar-refractivity contribution in [3.63, 3.8) is 0 Å². The zero-order valence-electron chi connectivity index (χ0n) is 27.8. The lowest BCUT2D eigenvalue weighted by Gasteiger charge is -2.36. The predicted octanol–water partition coefficient (Wildman–Crippen LogP) is 12.5.